The Bertz CT molecular complexity index is 1280. The first-order valence-corrected chi connectivity index (χ1v) is 11.3. The number of carboxylic acid groups (broad SMARTS) is 1. The maximum absolute atomic E-state index is 13.1. The predicted molar refractivity (Wildman–Crippen MR) is 116 cm³/mol. The molecule has 1 aliphatic heterocycles. The minimum absolute atomic E-state index is 0.00570. The van der Waals surface area contributed by atoms with Crippen LogP contribution in [0.4, 0.5) is 0 Å². The minimum Gasteiger partial charge on any atom is -0.480 e. The van der Waals surface area contributed by atoms with E-state index in [-0.39, 0.29) is 17.3 Å². The Labute approximate surface area is 179 Å². The molecule has 0 radical (unpaired) electrons. The van der Waals surface area contributed by atoms with Crippen molar-refractivity contribution in [3.05, 3.63) is 59.4 Å². The van der Waals surface area contributed by atoms with Crippen LogP contribution in [0.5, 0.6) is 0 Å². The molecule has 1 unspecified atom stereocenters. The van der Waals surface area contributed by atoms with Crippen LogP contribution in [0.25, 0.3) is 11.0 Å². The Morgan fingerprint density at radius 2 is 1.97 bits per heavy atom. The number of rotatable bonds is 6. The van der Waals surface area contributed by atoms with Gasteiger partial charge in [-0.1, -0.05) is 24.3 Å². The fraction of sp³-hybridized carbons (Fsp3) is 0.286. The molecule has 0 amide bonds. The van der Waals surface area contributed by atoms with E-state index in [0.717, 1.165) is 21.2 Å². The van der Waals surface area contributed by atoms with E-state index < -0.39 is 22.0 Å². The van der Waals surface area contributed by atoms with Crippen molar-refractivity contribution in [2.45, 2.75) is 30.2 Å². The van der Waals surface area contributed by atoms with Gasteiger partial charge in [-0.2, -0.15) is 4.31 Å². The van der Waals surface area contributed by atoms with Crippen LogP contribution in [-0.2, 0) is 28.3 Å². The molecule has 1 atom stereocenters. The molecule has 1 saturated heterocycles. The molecular weight excluding hydrogens is 418 g/mol. The lowest BCUT2D eigenvalue weighted by atomic mass is 10.1. The van der Waals surface area contributed by atoms with E-state index >= 15 is 0 Å². The fourth-order valence-electron chi connectivity index (χ4n) is 3.94. The monoisotopic (exact) mass is 441 g/mol. The van der Waals surface area contributed by atoms with E-state index in [1.807, 2.05) is 23.7 Å². The van der Waals surface area contributed by atoms with Crippen LogP contribution in [0.1, 0.15) is 29.8 Å². The number of benzene rings is 2. The molecule has 162 valence electrons. The van der Waals surface area contributed by atoms with Crippen molar-refractivity contribution in [3.8, 4) is 0 Å². The largest absolute Gasteiger partial charge is 0.480 e. The Balaban J connectivity index is 1.66. The lowest BCUT2D eigenvalue weighted by molar-refractivity contribution is -0.140. The van der Waals surface area contributed by atoms with Crippen molar-refractivity contribution < 1.29 is 18.3 Å². The molecular formula is C21H23N5O4S. The number of carbonyl (C=O) groups is 1. The van der Waals surface area contributed by atoms with Crippen molar-refractivity contribution in [3.63, 3.8) is 0 Å². The third kappa shape index (κ3) is 3.79. The van der Waals surface area contributed by atoms with Crippen molar-refractivity contribution in [1.82, 2.24) is 13.9 Å². The van der Waals surface area contributed by atoms with Gasteiger partial charge in [-0.15, -0.1) is 0 Å². The molecule has 31 heavy (non-hydrogen) atoms. The molecule has 0 aliphatic carbocycles. The number of aliphatic carboxylic acids is 1. The summed E-state index contributed by atoms with van der Waals surface area (Å²) in [5.74, 6) is -0.367. The molecule has 2 heterocycles. The van der Waals surface area contributed by atoms with Crippen LogP contribution < -0.4 is 5.73 Å². The number of hydrogen-bond acceptors (Lipinski definition) is 5. The predicted octanol–water partition coefficient (Wildman–Crippen LogP) is 1.69. The van der Waals surface area contributed by atoms with Gasteiger partial charge in [0.1, 0.15) is 17.7 Å². The number of nitrogens with two attached hydrogens (primary N) is 1. The SMILES string of the molecule is Cn1c(Cc2ccc(C(=N)N)cc2)nc2cc(S(=O)(=O)N3CCCC3C(=O)O)ccc21. The number of imidazole rings is 1. The summed E-state index contributed by atoms with van der Waals surface area (Å²) in [7, 11) is -2.06. The van der Waals surface area contributed by atoms with Crippen molar-refractivity contribution in [2.75, 3.05) is 6.54 Å². The first kappa shape index (κ1) is 21.0. The van der Waals surface area contributed by atoms with E-state index in [2.05, 4.69) is 4.98 Å². The third-order valence-electron chi connectivity index (χ3n) is 5.67. The van der Waals surface area contributed by atoms with Gasteiger partial charge in [0.2, 0.25) is 10.0 Å². The highest BCUT2D eigenvalue weighted by Gasteiger charge is 2.39. The summed E-state index contributed by atoms with van der Waals surface area (Å²) in [6.45, 7) is 0.195. The number of sulfonamides is 1. The molecule has 2 aromatic carbocycles. The molecule has 1 aromatic heterocycles. The Hall–Kier alpha value is -3.24. The highest BCUT2D eigenvalue weighted by molar-refractivity contribution is 7.89. The van der Waals surface area contributed by atoms with Crippen LogP contribution >= 0.6 is 0 Å². The van der Waals surface area contributed by atoms with Crippen molar-refractivity contribution in [2.24, 2.45) is 12.8 Å². The lowest BCUT2D eigenvalue weighted by Crippen LogP contribution is -2.40. The van der Waals surface area contributed by atoms with E-state index in [4.69, 9.17) is 11.1 Å². The smallest absolute Gasteiger partial charge is 0.322 e. The first-order chi connectivity index (χ1) is 14.7. The minimum atomic E-state index is -3.93. The molecule has 4 N–H and O–H groups in total. The normalized spacial score (nSPS) is 17.3. The van der Waals surface area contributed by atoms with Gasteiger partial charge in [0.15, 0.2) is 0 Å². The number of nitrogens with one attached hydrogen (secondary N) is 1. The Kier molecular flexibility index (Phi) is 5.28. The quantitative estimate of drug-likeness (QED) is 0.392. The number of amidine groups is 1. The second-order valence-corrected chi connectivity index (χ2v) is 9.53. The lowest BCUT2D eigenvalue weighted by Gasteiger charge is -2.20. The van der Waals surface area contributed by atoms with E-state index in [9.17, 15) is 18.3 Å². The highest BCUT2D eigenvalue weighted by Crippen LogP contribution is 2.28. The average Bonchev–Trinajstić information content (AvgIpc) is 3.34. The number of aromatic nitrogens is 2. The van der Waals surface area contributed by atoms with Crippen LogP contribution in [0.2, 0.25) is 0 Å². The van der Waals surface area contributed by atoms with E-state index in [0.29, 0.717) is 30.3 Å². The van der Waals surface area contributed by atoms with Crippen LogP contribution in [0, 0.1) is 5.41 Å². The van der Waals surface area contributed by atoms with Gasteiger partial charge in [0, 0.05) is 25.6 Å². The summed E-state index contributed by atoms with van der Waals surface area (Å²) in [6, 6.07) is 11.0. The number of nitrogen functional groups attached to an aromatic ring is 1. The summed E-state index contributed by atoms with van der Waals surface area (Å²) in [6.07, 6.45) is 1.36. The number of aryl methyl sites for hydroxylation is 1. The second kappa shape index (κ2) is 7.78. The maximum atomic E-state index is 13.1. The van der Waals surface area contributed by atoms with Gasteiger partial charge in [0.05, 0.1) is 15.9 Å². The summed E-state index contributed by atoms with van der Waals surface area (Å²) in [5.41, 5.74) is 8.44. The standard InChI is InChI=1S/C21H23N5O4S/c1-25-17-9-8-15(31(29,30)26-10-2-3-18(26)21(27)28)12-16(17)24-19(25)11-13-4-6-14(7-5-13)20(22)23/h4-9,12,18H,2-3,10-11H2,1H3,(H3,22,23)(H,27,28). The van der Waals surface area contributed by atoms with E-state index in [1.165, 1.54) is 12.1 Å². The van der Waals surface area contributed by atoms with Crippen LogP contribution in [0.3, 0.4) is 0 Å². The third-order valence-corrected chi connectivity index (χ3v) is 7.57. The number of carboxylic acids is 1. The summed E-state index contributed by atoms with van der Waals surface area (Å²) in [5, 5.41) is 16.8. The van der Waals surface area contributed by atoms with Gasteiger partial charge in [-0.25, -0.2) is 13.4 Å². The summed E-state index contributed by atoms with van der Waals surface area (Å²) < 4.78 is 29.1. The fourth-order valence-corrected chi connectivity index (χ4v) is 5.61. The zero-order chi connectivity index (χ0) is 22.3. The molecule has 0 spiro atoms. The molecule has 1 fully saturated rings. The topological polar surface area (TPSA) is 142 Å². The Morgan fingerprint density at radius 3 is 2.61 bits per heavy atom. The number of nitrogens with zero attached hydrogens (tertiary/aromatic N) is 3. The molecule has 1 aliphatic rings. The average molecular weight is 442 g/mol. The maximum Gasteiger partial charge on any atom is 0.322 e. The van der Waals surface area contributed by atoms with Crippen molar-refractivity contribution >= 4 is 32.9 Å². The van der Waals surface area contributed by atoms with E-state index in [1.54, 1.807) is 18.2 Å². The number of hydrogen-bond donors (Lipinski definition) is 3. The molecule has 3 aromatic rings. The van der Waals surface area contributed by atoms with Gasteiger partial charge in [-0.3, -0.25) is 10.2 Å². The van der Waals surface area contributed by atoms with Gasteiger partial charge >= 0.3 is 5.97 Å². The van der Waals surface area contributed by atoms with Crippen LogP contribution in [-0.4, -0.2) is 51.8 Å². The van der Waals surface area contributed by atoms with Gasteiger partial charge < -0.3 is 15.4 Å². The number of fused-ring (bicyclic) bond motifs is 1. The highest BCUT2D eigenvalue weighted by atomic mass is 32.2. The summed E-state index contributed by atoms with van der Waals surface area (Å²) in [4.78, 5) is 16.1. The van der Waals surface area contributed by atoms with Crippen LogP contribution in [0.15, 0.2) is 47.4 Å². The zero-order valence-corrected chi connectivity index (χ0v) is 17.8. The molecule has 0 bridgehead atoms. The first-order valence-electron chi connectivity index (χ1n) is 9.82. The van der Waals surface area contributed by atoms with Crippen molar-refractivity contribution in [1.29, 1.82) is 5.41 Å². The molecule has 9 nitrogen and oxygen atoms in total. The Morgan fingerprint density at radius 1 is 1.26 bits per heavy atom. The second-order valence-electron chi connectivity index (χ2n) is 7.64. The van der Waals surface area contributed by atoms with Gasteiger partial charge in [-0.05, 0) is 36.6 Å². The summed E-state index contributed by atoms with van der Waals surface area (Å²) >= 11 is 0. The molecule has 10 heteroatoms. The zero-order valence-electron chi connectivity index (χ0n) is 16.9. The van der Waals surface area contributed by atoms with Gasteiger partial charge in [0.25, 0.3) is 0 Å². The molecule has 0 saturated carbocycles. The molecule has 4 rings (SSSR count).